The van der Waals surface area contributed by atoms with Crippen molar-refractivity contribution in [3.63, 3.8) is 0 Å². The van der Waals surface area contributed by atoms with Gasteiger partial charge in [-0.15, -0.1) is 0 Å². The van der Waals surface area contributed by atoms with Crippen LogP contribution in [-0.4, -0.2) is 5.91 Å². The minimum absolute atomic E-state index is 0.0440. The predicted molar refractivity (Wildman–Crippen MR) is 78.4 cm³/mol. The highest BCUT2D eigenvalue weighted by molar-refractivity contribution is 6.33. The summed E-state index contributed by atoms with van der Waals surface area (Å²) < 4.78 is 12.9. The number of amides is 1. The lowest BCUT2D eigenvalue weighted by Gasteiger charge is -2.16. The Balaban J connectivity index is 2.19. The molecule has 0 saturated carbocycles. The molecule has 0 heterocycles. The third-order valence-corrected chi connectivity index (χ3v) is 3.31. The second-order valence-electron chi connectivity index (χ2n) is 4.48. The monoisotopic (exact) mass is 292 g/mol. The van der Waals surface area contributed by atoms with Gasteiger partial charge in [-0.1, -0.05) is 23.7 Å². The highest BCUT2D eigenvalue weighted by atomic mass is 35.5. The van der Waals surface area contributed by atoms with Gasteiger partial charge >= 0.3 is 0 Å². The second-order valence-corrected chi connectivity index (χ2v) is 4.88. The molecule has 0 aliphatic rings. The minimum atomic E-state index is -0.576. The Kier molecular flexibility index (Phi) is 4.25. The van der Waals surface area contributed by atoms with Gasteiger partial charge < -0.3 is 11.1 Å². The van der Waals surface area contributed by atoms with Crippen LogP contribution in [0.15, 0.2) is 42.5 Å². The van der Waals surface area contributed by atoms with Crippen LogP contribution in [0.5, 0.6) is 0 Å². The van der Waals surface area contributed by atoms with E-state index in [0.717, 1.165) is 11.3 Å². The maximum atomic E-state index is 12.9. The molecule has 1 unspecified atom stereocenters. The Morgan fingerprint density at radius 1 is 1.25 bits per heavy atom. The Morgan fingerprint density at radius 3 is 2.50 bits per heavy atom. The van der Waals surface area contributed by atoms with Crippen molar-refractivity contribution in [3.8, 4) is 0 Å². The number of primary amides is 1. The fourth-order valence-corrected chi connectivity index (χ4v) is 2.10. The molecule has 0 bridgehead atoms. The Bertz CT molecular complexity index is 628. The summed E-state index contributed by atoms with van der Waals surface area (Å²) in [4.78, 5) is 11.2. The van der Waals surface area contributed by atoms with E-state index in [0.29, 0.717) is 5.02 Å². The SMILES string of the molecule is CC(Nc1ccc(Cl)c(C(N)=O)c1)c1ccc(F)cc1. The fraction of sp³-hybridized carbons (Fsp3) is 0.133. The number of carbonyl (C=O) groups is 1. The minimum Gasteiger partial charge on any atom is -0.379 e. The molecule has 1 amide bonds. The van der Waals surface area contributed by atoms with Crippen molar-refractivity contribution in [2.45, 2.75) is 13.0 Å². The van der Waals surface area contributed by atoms with Gasteiger partial charge in [0, 0.05) is 11.7 Å². The molecule has 2 aromatic rings. The quantitative estimate of drug-likeness (QED) is 0.901. The zero-order valence-electron chi connectivity index (χ0n) is 10.9. The van der Waals surface area contributed by atoms with Gasteiger partial charge in [-0.3, -0.25) is 4.79 Å². The second kappa shape index (κ2) is 5.92. The van der Waals surface area contributed by atoms with E-state index in [1.807, 2.05) is 6.92 Å². The number of rotatable bonds is 4. The van der Waals surface area contributed by atoms with Gasteiger partial charge in [0.25, 0.3) is 0 Å². The number of anilines is 1. The molecule has 0 aliphatic heterocycles. The van der Waals surface area contributed by atoms with Crippen LogP contribution in [0.25, 0.3) is 0 Å². The first-order valence-electron chi connectivity index (χ1n) is 6.08. The third kappa shape index (κ3) is 3.27. The highest BCUT2D eigenvalue weighted by Crippen LogP contribution is 2.24. The Labute approximate surface area is 121 Å². The predicted octanol–water partition coefficient (Wildman–Crippen LogP) is 3.75. The Hall–Kier alpha value is -2.07. The molecule has 0 radical (unpaired) electrons. The summed E-state index contributed by atoms with van der Waals surface area (Å²) in [6, 6.07) is 11.2. The summed E-state index contributed by atoms with van der Waals surface area (Å²) in [6.07, 6.45) is 0. The summed E-state index contributed by atoms with van der Waals surface area (Å²) in [6.45, 7) is 1.94. The topological polar surface area (TPSA) is 55.1 Å². The first kappa shape index (κ1) is 14.3. The third-order valence-electron chi connectivity index (χ3n) is 2.98. The smallest absolute Gasteiger partial charge is 0.250 e. The first-order chi connectivity index (χ1) is 9.47. The van der Waals surface area contributed by atoms with Crippen LogP contribution < -0.4 is 11.1 Å². The van der Waals surface area contributed by atoms with Crippen molar-refractivity contribution in [3.05, 3.63) is 64.4 Å². The molecule has 1 atom stereocenters. The zero-order valence-corrected chi connectivity index (χ0v) is 11.6. The molecule has 104 valence electrons. The van der Waals surface area contributed by atoms with Gasteiger partial charge in [0.2, 0.25) is 5.91 Å². The molecule has 0 aromatic heterocycles. The van der Waals surface area contributed by atoms with Crippen molar-refractivity contribution in [1.29, 1.82) is 0 Å². The largest absolute Gasteiger partial charge is 0.379 e. The molecule has 0 saturated heterocycles. The van der Waals surface area contributed by atoms with E-state index in [1.165, 1.54) is 12.1 Å². The molecule has 5 heteroatoms. The normalized spacial score (nSPS) is 11.9. The van der Waals surface area contributed by atoms with Crippen molar-refractivity contribution in [1.82, 2.24) is 0 Å². The van der Waals surface area contributed by atoms with Gasteiger partial charge in [0.1, 0.15) is 5.82 Å². The van der Waals surface area contributed by atoms with Crippen molar-refractivity contribution in [2.75, 3.05) is 5.32 Å². The summed E-state index contributed by atoms with van der Waals surface area (Å²) in [5, 5.41) is 3.53. The highest BCUT2D eigenvalue weighted by Gasteiger charge is 2.10. The van der Waals surface area contributed by atoms with Crippen LogP contribution >= 0.6 is 11.6 Å². The molecule has 0 fully saturated rings. The van der Waals surface area contributed by atoms with Crippen LogP contribution in [0, 0.1) is 5.82 Å². The number of nitrogens with two attached hydrogens (primary N) is 1. The van der Waals surface area contributed by atoms with Crippen LogP contribution in [0.4, 0.5) is 10.1 Å². The van der Waals surface area contributed by atoms with E-state index in [-0.39, 0.29) is 17.4 Å². The number of halogens is 2. The number of benzene rings is 2. The molecular formula is C15H14ClFN2O. The molecule has 0 spiro atoms. The van der Waals surface area contributed by atoms with Gasteiger partial charge in [-0.2, -0.15) is 0 Å². The maximum absolute atomic E-state index is 12.9. The van der Waals surface area contributed by atoms with E-state index in [4.69, 9.17) is 17.3 Å². The molecule has 20 heavy (non-hydrogen) atoms. The van der Waals surface area contributed by atoms with Gasteiger partial charge in [0.15, 0.2) is 0 Å². The summed E-state index contributed by atoms with van der Waals surface area (Å²) in [5.41, 5.74) is 7.17. The average molecular weight is 293 g/mol. The van der Waals surface area contributed by atoms with Crippen molar-refractivity contribution < 1.29 is 9.18 Å². The fourth-order valence-electron chi connectivity index (χ4n) is 1.89. The first-order valence-corrected chi connectivity index (χ1v) is 6.46. The Morgan fingerprint density at radius 2 is 1.90 bits per heavy atom. The van der Waals surface area contributed by atoms with Crippen LogP contribution in [0.2, 0.25) is 5.02 Å². The number of nitrogens with one attached hydrogen (secondary N) is 1. The molecule has 3 N–H and O–H groups in total. The van der Waals surface area contributed by atoms with Crippen molar-refractivity contribution in [2.24, 2.45) is 5.73 Å². The summed E-state index contributed by atoms with van der Waals surface area (Å²) >= 11 is 5.89. The van der Waals surface area contributed by atoms with E-state index < -0.39 is 5.91 Å². The molecular weight excluding hydrogens is 279 g/mol. The van der Waals surface area contributed by atoms with E-state index in [1.54, 1.807) is 30.3 Å². The lowest BCUT2D eigenvalue weighted by molar-refractivity contribution is 0.100. The van der Waals surface area contributed by atoms with Gasteiger partial charge in [0.05, 0.1) is 10.6 Å². The summed E-state index contributed by atoms with van der Waals surface area (Å²) in [7, 11) is 0. The van der Waals surface area contributed by atoms with Crippen LogP contribution in [0.3, 0.4) is 0 Å². The number of hydrogen-bond donors (Lipinski definition) is 2. The zero-order chi connectivity index (χ0) is 14.7. The van der Waals surface area contributed by atoms with Crippen LogP contribution in [-0.2, 0) is 0 Å². The maximum Gasteiger partial charge on any atom is 0.250 e. The lowest BCUT2D eigenvalue weighted by atomic mass is 10.1. The molecule has 2 rings (SSSR count). The average Bonchev–Trinajstić information content (AvgIpc) is 2.41. The summed E-state index contributed by atoms with van der Waals surface area (Å²) in [5.74, 6) is -0.850. The number of hydrogen-bond acceptors (Lipinski definition) is 2. The van der Waals surface area contributed by atoms with Gasteiger partial charge in [-0.25, -0.2) is 4.39 Å². The van der Waals surface area contributed by atoms with E-state index >= 15 is 0 Å². The van der Waals surface area contributed by atoms with Gasteiger partial charge in [-0.05, 0) is 42.8 Å². The van der Waals surface area contributed by atoms with Crippen molar-refractivity contribution >= 4 is 23.2 Å². The van der Waals surface area contributed by atoms with E-state index in [2.05, 4.69) is 5.32 Å². The molecule has 0 aliphatic carbocycles. The van der Waals surface area contributed by atoms with Crippen LogP contribution in [0.1, 0.15) is 28.9 Å². The number of carbonyl (C=O) groups excluding carboxylic acids is 1. The molecule has 3 nitrogen and oxygen atoms in total. The standard InChI is InChI=1S/C15H14ClFN2O/c1-9(10-2-4-11(17)5-3-10)19-12-6-7-14(16)13(8-12)15(18)20/h2-9,19H,1H3,(H2,18,20). The lowest BCUT2D eigenvalue weighted by Crippen LogP contribution is -2.13. The molecule has 2 aromatic carbocycles. The van der Waals surface area contributed by atoms with E-state index in [9.17, 15) is 9.18 Å².